The Morgan fingerprint density at radius 1 is 1.06 bits per heavy atom. The first kappa shape index (κ1) is 21.6. The molecule has 1 amide bonds. The largest absolute Gasteiger partial charge is 0.457 e. The number of cyclic esters (lactones) is 1. The van der Waals surface area contributed by atoms with Gasteiger partial charge in [0.2, 0.25) is 5.91 Å². The number of tetrazole rings is 1. The fraction of sp³-hybridized carbons (Fsp3) is 0.423. The quantitative estimate of drug-likeness (QED) is 0.515. The van der Waals surface area contributed by atoms with Gasteiger partial charge >= 0.3 is 5.97 Å². The average Bonchev–Trinajstić information content (AvgIpc) is 3.67. The Bertz CT molecular complexity index is 1340. The standard InChI is InChI=1S/C26H26N6O4/c33-25(23-5-1-16-10-19(3-6-21(16)23)32-15-27-28-29-32)31-8-7-30-12-24(35-14-20(30)11-31)17-2-4-22-18(9-17)13-36-26(22)34/h2-4,6,9-10,15,20,23-24H,1,5,7-8,11-14H2/t20-,23?,24+/m0/s1. The Hall–Kier alpha value is -3.63. The third kappa shape index (κ3) is 3.59. The molecule has 3 aliphatic heterocycles. The van der Waals surface area contributed by atoms with E-state index in [-0.39, 0.29) is 29.9 Å². The number of ether oxygens (including phenoxy) is 2. The van der Waals surface area contributed by atoms with Crippen molar-refractivity contribution in [2.24, 2.45) is 0 Å². The van der Waals surface area contributed by atoms with E-state index in [1.54, 1.807) is 11.0 Å². The van der Waals surface area contributed by atoms with Crippen molar-refractivity contribution >= 4 is 11.9 Å². The van der Waals surface area contributed by atoms with E-state index in [1.807, 2.05) is 29.2 Å². The maximum Gasteiger partial charge on any atom is 0.338 e. The number of rotatable bonds is 3. The molecular formula is C26H26N6O4. The molecule has 0 N–H and O–H groups in total. The van der Waals surface area contributed by atoms with Gasteiger partial charge in [-0.1, -0.05) is 12.1 Å². The normalized spacial score (nSPS) is 25.3. The molecule has 10 nitrogen and oxygen atoms in total. The fourth-order valence-corrected chi connectivity index (χ4v) is 6.04. The van der Waals surface area contributed by atoms with Gasteiger partial charge in [-0.25, -0.2) is 9.48 Å². The van der Waals surface area contributed by atoms with E-state index in [0.717, 1.165) is 54.9 Å². The van der Waals surface area contributed by atoms with E-state index >= 15 is 0 Å². The van der Waals surface area contributed by atoms with E-state index in [0.29, 0.717) is 25.3 Å². The van der Waals surface area contributed by atoms with Gasteiger partial charge in [-0.2, -0.15) is 0 Å². The number of piperazine rings is 1. The second kappa shape index (κ2) is 8.49. The molecule has 184 valence electrons. The summed E-state index contributed by atoms with van der Waals surface area (Å²) >= 11 is 0. The third-order valence-corrected chi connectivity index (χ3v) is 8.00. The minimum absolute atomic E-state index is 0.0411. The fourth-order valence-electron chi connectivity index (χ4n) is 6.04. The molecule has 3 aromatic rings. The number of carbonyl (C=O) groups is 2. The molecule has 4 heterocycles. The number of amides is 1. The Kier molecular flexibility index (Phi) is 5.10. The summed E-state index contributed by atoms with van der Waals surface area (Å²) in [6.45, 7) is 3.95. The van der Waals surface area contributed by atoms with Gasteiger partial charge < -0.3 is 14.4 Å². The lowest BCUT2D eigenvalue weighted by molar-refractivity contribution is -0.141. The number of esters is 1. The van der Waals surface area contributed by atoms with E-state index in [2.05, 4.69) is 32.6 Å². The molecule has 7 rings (SSSR count). The molecule has 1 unspecified atom stereocenters. The highest BCUT2D eigenvalue weighted by atomic mass is 16.5. The van der Waals surface area contributed by atoms with Crippen molar-refractivity contribution in [2.45, 2.75) is 37.5 Å². The van der Waals surface area contributed by atoms with Crippen LogP contribution in [0.4, 0.5) is 0 Å². The van der Waals surface area contributed by atoms with Gasteiger partial charge in [-0.15, -0.1) is 5.10 Å². The number of hydrogen-bond donors (Lipinski definition) is 0. The van der Waals surface area contributed by atoms with Crippen molar-refractivity contribution in [1.29, 1.82) is 0 Å². The van der Waals surface area contributed by atoms with Crippen LogP contribution in [-0.4, -0.2) is 80.7 Å². The van der Waals surface area contributed by atoms with Crippen molar-refractivity contribution in [3.63, 3.8) is 0 Å². The van der Waals surface area contributed by atoms with Crippen molar-refractivity contribution in [3.05, 3.63) is 70.5 Å². The van der Waals surface area contributed by atoms with Gasteiger partial charge in [0.15, 0.2) is 0 Å². The molecule has 0 spiro atoms. The summed E-state index contributed by atoms with van der Waals surface area (Å²) in [7, 11) is 0. The number of hydrogen-bond acceptors (Lipinski definition) is 8. The van der Waals surface area contributed by atoms with Gasteiger partial charge in [0, 0.05) is 31.7 Å². The van der Waals surface area contributed by atoms with Crippen molar-refractivity contribution in [2.75, 3.05) is 32.8 Å². The third-order valence-electron chi connectivity index (χ3n) is 8.00. The molecule has 0 bridgehead atoms. The molecule has 1 aliphatic carbocycles. The molecule has 1 aromatic heterocycles. The van der Waals surface area contributed by atoms with Crippen LogP contribution in [0.2, 0.25) is 0 Å². The molecule has 0 saturated carbocycles. The molecule has 2 saturated heterocycles. The van der Waals surface area contributed by atoms with Gasteiger partial charge in [0.1, 0.15) is 12.9 Å². The van der Waals surface area contributed by atoms with Gasteiger partial charge in [0.25, 0.3) is 0 Å². The highest BCUT2D eigenvalue weighted by molar-refractivity contribution is 5.93. The number of aryl methyl sites for hydroxylation is 1. The van der Waals surface area contributed by atoms with Crippen LogP contribution in [0, 0.1) is 0 Å². The summed E-state index contributed by atoms with van der Waals surface area (Å²) in [5.41, 5.74) is 5.90. The molecule has 2 fully saturated rings. The SMILES string of the molecule is O=C1OCc2cc([C@H]3CN4CCN(C(=O)C5CCc6cc(-n7cnnn7)ccc65)C[C@H]4CO3)ccc21. The smallest absolute Gasteiger partial charge is 0.338 e. The number of aromatic nitrogens is 4. The number of fused-ring (bicyclic) bond motifs is 3. The van der Waals surface area contributed by atoms with Crippen LogP contribution < -0.4 is 0 Å². The van der Waals surface area contributed by atoms with Gasteiger partial charge in [0.05, 0.1) is 35.9 Å². The van der Waals surface area contributed by atoms with Crippen LogP contribution in [-0.2, 0) is 27.3 Å². The van der Waals surface area contributed by atoms with Crippen LogP contribution in [0.3, 0.4) is 0 Å². The average molecular weight is 487 g/mol. The maximum atomic E-state index is 13.6. The Balaban J connectivity index is 1.01. The number of nitrogens with zero attached hydrogens (tertiary/aromatic N) is 6. The lowest BCUT2D eigenvalue weighted by Crippen LogP contribution is -2.60. The first-order chi connectivity index (χ1) is 17.6. The van der Waals surface area contributed by atoms with E-state index in [4.69, 9.17) is 9.47 Å². The van der Waals surface area contributed by atoms with E-state index < -0.39 is 0 Å². The minimum atomic E-state index is -0.250. The molecule has 3 atom stereocenters. The zero-order chi connectivity index (χ0) is 24.2. The summed E-state index contributed by atoms with van der Waals surface area (Å²) in [4.78, 5) is 29.8. The van der Waals surface area contributed by atoms with E-state index in [1.165, 1.54) is 5.56 Å². The number of carbonyl (C=O) groups excluding carboxylic acids is 2. The van der Waals surface area contributed by atoms with Crippen molar-refractivity contribution < 1.29 is 19.1 Å². The number of benzene rings is 2. The Labute approximate surface area is 207 Å². The summed E-state index contributed by atoms with van der Waals surface area (Å²) in [6.07, 6.45) is 3.25. The highest BCUT2D eigenvalue weighted by Crippen LogP contribution is 2.37. The van der Waals surface area contributed by atoms with Crippen LogP contribution in [0.1, 0.15) is 51.1 Å². The highest BCUT2D eigenvalue weighted by Gasteiger charge is 2.39. The molecular weight excluding hydrogens is 460 g/mol. The number of morpholine rings is 1. The predicted molar refractivity (Wildman–Crippen MR) is 126 cm³/mol. The van der Waals surface area contributed by atoms with Crippen LogP contribution in [0.15, 0.2) is 42.7 Å². The Morgan fingerprint density at radius 2 is 2.00 bits per heavy atom. The summed E-state index contributed by atoms with van der Waals surface area (Å²) in [5, 5.41) is 11.4. The lowest BCUT2D eigenvalue weighted by Gasteiger charge is -2.46. The minimum Gasteiger partial charge on any atom is -0.457 e. The summed E-state index contributed by atoms with van der Waals surface area (Å²) in [6, 6.07) is 12.2. The second-order valence-electron chi connectivity index (χ2n) is 9.98. The van der Waals surface area contributed by atoms with Gasteiger partial charge in [-0.3, -0.25) is 9.69 Å². The first-order valence-electron chi connectivity index (χ1n) is 12.4. The van der Waals surface area contributed by atoms with Gasteiger partial charge in [-0.05, 0) is 64.2 Å². The zero-order valence-electron chi connectivity index (χ0n) is 19.7. The van der Waals surface area contributed by atoms with Crippen LogP contribution in [0.25, 0.3) is 5.69 Å². The lowest BCUT2D eigenvalue weighted by atomic mass is 9.97. The van der Waals surface area contributed by atoms with E-state index in [9.17, 15) is 9.59 Å². The topological polar surface area (TPSA) is 103 Å². The predicted octanol–water partition coefficient (Wildman–Crippen LogP) is 1.65. The molecule has 2 aromatic carbocycles. The second-order valence-corrected chi connectivity index (χ2v) is 9.98. The molecule has 0 radical (unpaired) electrons. The molecule has 4 aliphatic rings. The van der Waals surface area contributed by atoms with Crippen LogP contribution in [0.5, 0.6) is 0 Å². The van der Waals surface area contributed by atoms with Crippen molar-refractivity contribution in [1.82, 2.24) is 30.0 Å². The summed E-state index contributed by atoms with van der Waals surface area (Å²) in [5.74, 6) is -0.128. The monoisotopic (exact) mass is 486 g/mol. The zero-order valence-corrected chi connectivity index (χ0v) is 19.7. The molecule has 36 heavy (non-hydrogen) atoms. The van der Waals surface area contributed by atoms with Crippen LogP contribution >= 0.6 is 0 Å². The summed E-state index contributed by atoms with van der Waals surface area (Å²) < 4.78 is 13.0. The maximum absolute atomic E-state index is 13.6. The Morgan fingerprint density at radius 3 is 2.89 bits per heavy atom. The first-order valence-corrected chi connectivity index (χ1v) is 12.4. The molecule has 10 heteroatoms. The van der Waals surface area contributed by atoms with Crippen molar-refractivity contribution in [3.8, 4) is 5.69 Å².